The molecule has 0 spiro atoms. The van der Waals surface area contributed by atoms with E-state index in [4.69, 9.17) is 4.74 Å². The molecular weight excluding hydrogens is 466 g/mol. The quantitative estimate of drug-likeness (QED) is 0.439. The number of nitrogens with zero attached hydrogens (tertiary/aromatic N) is 5. The van der Waals surface area contributed by atoms with Gasteiger partial charge in [-0.3, -0.25) is 9.48 Å². The first-order valence-electron chi connectivity index (χ1n) is 12.7. The number of carbonyl (C=O) groups is 1. The Hall–Kier alpha value is -2.59. The predicted octanol–water partition coefficient (Wildman–Crippen LogP) is 3.46. The van der Waals surface area contributed by atoms with E-state index in [1.54, 1.807) is 15.8 Å². The zero-order valence-electron chi connectivity index (χ0n) is 21.4. The van der Waals surface area contributed by atoms with Gasteiger partial charge in [0.2, 0.25) is 5.03 Å². The largest absolute Gasteiger partial charge is 0.492 e. The third kappa shape index (κ3) is 6.16. The SMILES string of the molecule is CCCN(CCC)C(=O)c1cn(CCC)nc1S(=O)(=O)N1CCN(c2ccccc2OCC)CC1. The van der Waals surface area contributed by atoms with Gasteiger partial charge in [0.15, 0.2) is 0 Å². The molecular formula is C25H39N5O4S. The fourth-order valence-corrected chi connectivity index (χ4v) is 5.91. The van der Waals surface area contributed by atoms with Crippen molar-refractivity contribution in [3.63, 3.8) is 0 Å². The van der Waals surface area contributed by atoms with Gasteiger partial charge in [0.1, 0.15) is 5.75 Å². The minimum absolute atomic E-state index is 0.128. The first-order chi connectivity index (χ1) is 16.9. The number of aromatic nitrogens is 2. The summed E-state index contributed by atoms with van der Waals surface area (Å²) >= 11 is 0. The third-order valence-electron chi connectivity index (χ3n) is 6.01. The van der Waals surface area contributed by atoms with Gasteiger partial charge < -0.3 is 14.5 Å². The molecule has 0 radical (unpaired) electrons. The lowest BCUT2D eigenvalue weighted by atomic mass is 10.2. The fourth-order valence-electron chi connectivity index (χ4n) is 4.40. The van der Waals surface area contributed by atoms with Crippen molar-refractivity contribution in [3.8, 4) is 5.75 Å². The summed E-state index contributed by atoms with van der Waals surface area (Å²) in [7, 11) is -3.93. The van der Waals surface area contributed by atoms with Crippen LogP contribution in [0.15, 0.2) is 35.5 Å². The van der Waals surface area contributed by atoms with E-state index in [9.17, 15) is 13.2 Å². The summed E-state index contributed by atoms with van der Waals surface area (Å²) in [4.78, 5) is 17.3. The van der Waals surface area contributed by atoms with Crippen LogP contribution in [-0.2, 0) is 16.6 Å². The number of benzene rings is 1. The number of sulfonamides is 1. The van der Waals surface area contributed by atoms with Crippen LogP contribution in [0.5, 0.6) is 5.75 Å². The second-order valence-electron chi connectivity index (χ2n) is 8.70. The molecule has 0 N–H and O–H groups in total. The Morgan fingerprint density at radius 2 is 1.66 bits per heavy atom. The highest BCUT2D eigenvalue weighted by Gasteiger charge is 2.36. The standard InChI is InChI=1S/C25H39N5O4S/c1-5-13-28(14-6-2)25(31)21-20-29(15-7-3)26-24(21)35(32,33)30-18-16-27(17-19-30)22-11-9-10-12-23(22)34-8-4/h9-12,20H,5-8,13-19H2,1-4H3. The maximum Gasteiger partial charge on any atom is 0.263 e. The lowest BCUT2D eigenvalue weighted by Crippen LogP contribution is -2.49. The Morgan fingerprint density at radius 3 is 2.26 bits per heavy atom. The first kappa shape index (κ1) is 27.0. The molecule has 1 saturated heterocycles. The number of aryl methyl sites for hydroxylation is 1. The van der Waals surface area contributed by atoms with Crippen LogP contribution in [0, 0.1) is 0 Å². The van der Waals surface area contributed by atoms with Crippen molar-refractivity contribution in [3.05, 3.63) is 36.0 Å². The number of piperazine rings is 1. The molecule has 1 amide bonds. The van der Waals surface area contributed by atoms with Crippen LogP contribution in [0.25, 0.3) is 0 Å². The van der Waals surface area contributed by atoms with Gasteiger partial charge in [-0.2, -0.15) is 9.40 Å². The normalized spacial score (nSPS) is 14.8. The van der Waals surface area contributed by atoms with E-state index in [2.05, 4.69) is 10.00 Å². The topological polar surface area (TPSA) is 88.0 Å². The number of amides is 1. The van der Waals surface area contributed by atoms with E-state index < -0.39 is 10.0 Å². The van der Waals surface area contributed by atoms with Crippen molar-refractivity contribution in [2.75, 3.05) is 50.8 Å². The average molecular weight is 506 g/mol. The maximum atomic E-state index is 13.7. The van der Waals surface area contributed by atoms with Gasteiger partial charge in [0.05, 0.1) is 17.9 Å². The number of carbonyl (C=O) groups excluding carboxylic acids is 1. The highest BCUT2D eigenvalue weighted by atomic mass is 32.2. The van der Waals surface area contributed by atoms with Crippen molar-refractivity contribution in [1.29, 1.82) is 0 Å². The van der Waals surface area contributed by atoms with Crippen molar-refractivity contribution in [2.45, 2.75) is 58.5 Å². The molecule has 0 atom stereocenters. The van der Waals surface area contributed by atoms with Gasteiger partial charge in [-0.15, -0.1) is 0 Å². The van der Waals surface area contributed by atoms with Crippen LogP contribution >= 0.6 is 0 Å². The molecule has 1 aliphatic rings. The molecule has 0 unspecified atom stereocenters. The molecule has 0 bridgehead atoms. The fraction of sp³-hybridized carbons (Fsp3) is 0.600. The number of ether oxygens (including phenoxy) is 1. The van der Waals surface area contributed by atoms with Gasteiger partial charge in [0, 0.05) is 52.0 Å². The number of para-hydroxylation sites is 2. The van der Waals surface area contributed by atoms with Gasteiger partial charge in [0.25, 0.3) is 15.9 Å². The monoisotopic (exact) mass is 505 g/mol. The summed E-state index contributed by atoms with van der Waals surface area (Å²) in [6, 6.07) is 7.81. The Balaban J connectivity index is 1.85. The number of rotatable bonds is 12. The Morgan fingerprint density at radius 1 is 1.00 bits per heavy atom. The molecule has 2 heterocycles. The van der Waals surface area contributed by atoms with Crippen LogP contribution < -0.4 is 9.64 Å². The van der Waals surface area contributed by atoms with Crippen molar-refractivity contribution in [2.24, 2.45) is 0 Å². The summed E-state index contributed by atoms with van der Waals surface area (Å²) in [5, 5.41) is 4.26. The number of anilines is 1. The molecule has 0 aliphatic carbocycles. The van der Waals surface area contributed by atoms with E-state index in [1.165, 1.54) is 4.31 Å². The minimum atomic E-state index is -3.93. The second-order valence-corrected chi connectivity index (χ2v) is 10.5. The lowest BCUT2D eigenvalue weighted by molar-refractivity contribution is 0.0751. The maximum absolute atomic E-state index is 13.7. The van der Waals surface area contributed by atoms with Crippen molar-refractivity contribution in [1.82, 2.24) is 19.0 Å². The number of hydrogen-bond acceptors (Lipinski definition) is 6. The molecule has 1 aromatic carbocycles. The summed E-state index contributed by atoms with van der Waals surface area (Å²) in [5.74, 6) is 0.531. The molecule has 3 rings (SSSR count). The summed E-state index contributed by atoms with van der Waals surface area (Å²) in [6.45, 7) is 11.9. The van der Waals surface area contributed by atoms with E-state index in [1.807, 2.05) is 52.0 Å². The molecule has 0 saturated carbocycles. The minimum Gasteiger partial charge on any atom is -0.492 e. The van der Waals surface area contributed by atoms with Crippen molar-refractivity contribution < 1.29 is 17.9 Å². The number of hydrogen-bond donors (Lipinski definition) is 0. The van der Waals surface area contributed by atoms with E-state index in [0.717, 1.165) is 30.7 Å². The van der Waals surface area contributed by atoms with Crippen LogP contribution in [-0.4, -0.2) is 79.2 Å². The average Bonchev–Trinajstić information content (AvgIpc) is 3.29. The van der Waals surface area contributed by atoms with Crippen LogP contribution in [0.3, 0.4) is 0 Å². The zero-order chi connectivity index (χ0) is 25.4. The summed E-state index contributed by atoms with van der Waals surface area (Å²) in [5.41, 5.74) is 1.13. The molecule has 194 valence electrons. The summed E-state index contributed by atoms with van der Waals surface area (Å²) < 4.78 is 36.2. The lowest BCUT2D eigenvalue weighted by Gasteiger charge is -2.35. The Kier molecular flexibility index (Phi) is 9.56. The molecule has 2 aromatic rings. The first-order valence-corrected chi connectivity index (χ1v) is 14.1. The molecule has 1 fully saturated rings. The molecule has 1 aromatic heterocycles. The molecule has 9 nitrogen and oxygen atoms in total. The predicted molar refractivity (Wildman–Crippen MR) is 138 cm³/mol. The van der Waals surface area contributed by atoms with E-state index in [0.29, 0.717) is 52.4 Å². The zero-order valence-corrected chi connectivity index (χ0v) is 22.3. The highest BCUT2D eigenvalue weighted by Crippen LogP contribution is 2.30. The Labute approximate surface area is 209 Å². The van der Waals surface area contributed by atoms with E-state index in [-0.39, 0.29) is 16.5 Å². The van der Waals surface area contributed by atoms with Gasteiger partial charge >= 0.3 is 0 Å². The molecule has 1 aliphatic heterocycles. The van der Waals surface area contributed by atoms with E-state index >= 15 is 0 Å². The van der Waals surface area contributed by atoms with Crippen LogP contribution in [0.1, 0.15) is 57.3 Å². The van der Waals surface area contributed by atoms with Gasteiger partial charge in [-0.05, 0) is 38.3 Å². The summed E-state index contributed by atoms with van der Waals surface area (Å²) in [6.07, 6.45) is 4.01. The van der Waals surface area contributed by atoms with Crippen molar-refractivity contribution >= 4 is 21.6 Å². The smallest absolute Gasteiger partial charge is 0.263 e. The van der Waals surface area contributed by atoms with Gasteiger partial charge in [-0.25, -0.2) is 8.42 Å². The highest BCUT2D eigenvalue weighted by molar-refractivity contribution is 7.89. The molecule has 10 heteroatoms. The Bertz CT molecular complexity index is 1070. The molecule has 35 heavy (non-hydrogen) atoms. The second kappa shape index (κ2) is 12.4. The van der Waals surface area contributed by atoms with Gasteiger partial charge in [-0.1, -0.05) is 32.9 Å². The van der Waals surface area contributed by atoms with Crippen LogP contribution in [0.2, 0.25) is 0 Å². The van der Waals surface area contributed by atoms with Crippen LogP contribution in [0.4, 0.5) is 5.69 Å². The third-order valence-corrected chi connectivity index (χ3v) is 7.85.